The van der Waals surface area contributed by atoms with Crippen molar-refractivity contribution in [2.24, 2.45) is 11.1 Å². The van der Waals surface area contributed by atoms with Gasteiger partial charge in [0.15, 0.2) is 0 Å². The molecule has 1 fully saturated rings. The number of amides is 1. The first-order valence-corrected chi connectivity index (χ1v) is 7.87. The molecule has 1 aromatic heterocycles. The number of likely N-dealkylation sites (tertiary alicyclic amines) is 1. The molecule has 106 valence electrons. The molecule has 1 atom stereocenters. The van der Waals surface area contributed by atoms with Crippen molar-refractivity contribution < 1.29 is 4.79 Å². The van der Waals surface area contributed by atoms with Crippen LogP contribution >= 0.6 is 11.3 Å². The van der Waals surface area contributed by atoms with Crippen LogP contribution in [-0.4, -0.2) is 30.4 Å². The molecule has 1 unspecified atom stereocenters. The maximum Gasteiger partial charge on any atom is 0.222 e. The van der Waals surface area contributed by atoms with E-state index in [9.17, 15) is 4.79 Å². The van der Waals surface area contributed by atoms with Crippen LogP contribution in [0.5, 0.6) is 0 Å². The van der Waals surface area contributed by atoms with Crippen LogP contribution in [0.2, 0.25) is 0 Å². The third-order valence-electron chi connectivity index (χ3n) is 4.01. The van der Waals surface area contributed by atoms with Crippen molar-refractivity contribution in [3.63, 3.8) is 0 Å². The van der Waals surface area contributed by atoms with E-state index in [0.717, 1.165) is 32.4 Å². The molecule has 0 saturated carbocycles. The summed E-state index contributed by atoms with van der Waals surface area (Å²) < 4.78 is 0. The summed E-state index contributed by atoms with van der Waals surface area (Å²) in [4.78, 5) is 16.9. The van der Waals surface area contributed by atoms with Gasteiger partial charge in [0.1, 0.15) is 0 Å². The average molecular weight is 280 g/mol. The van der Waals surface area contributed by atoms with Crippen molar-refractivity contribution in [2.45, 2.75) is 39.5 Å². The third kappa shape index (κ3) is 3.80. The van der Waals surface area contributed by atoms with Crippen molar-refractivity contribution >= 4 is 17.2 Å². The Morgan fingerprint density at radius 2 is 2.32 bits per heavy atom. The van der Waals surface area contributed by atoms with Gasteiger partial charge in [-0.05, 0) is 50.3 Å². The van der Waals surface area contributed by atoms with Crippen molar-refractivity contribution in [1.29, 1.82) is 0 Å². The molecule has 19 heavy (non-hydrogen) atoms. The fourth-order valence-electron chi connectivity index (χ4n) is 2.59. The standard InChI is InChI=1S/C15H24N2OS/c1-12-6-7-13(19-12)4-3-5-14(18)17-9-8-15(2,10-16)11-17/h6-7H,3-5,8-11,16H2,1-2H3. The molecule has 2 rings (SSSR count). The van der Waals surface area contributed by atoms with Gasteiger partial charge in [-0.15, -0.1) is 11.3 Å². The molecule has 0 spiro atoms. The highest BCUT2D eigenvalue weighted by Gasteiger charge is 2.34. The van der Waals surface area contributed by atoms with E-state index in [-0.39, 0.29) is 5.41 Å². The van der Waals surface area contributed by atoms with E-state index in [1.54, 1.807) is 0 Å². The summed E-state index contributed by atoms with van der Waals surface area (Å²) in [5.41, 5.74) is 5.91. The minimum absolute atomic E-state index is 0.139. The Bertz CT molecular complexity index is 443. The first kappa shape index (κ1) is 14.5. The van der Waals surface area contributed by atoms with Gasteiger partial charge in [-0.2, -0.15) is 0 Å². The first-order chi connectivity index (χ1) is 9.02. The monoisotopic (exact) mass is 280 g/mol. The molecule has 1 aromatic rings. The number of carbonyl (C=O) groups is 1. The van der Waals surface area contributed by atoms with Crippen LogP contribution in [0, 0.1) is 12.3 Å². The molecule has 0 aromatic carbocycles. The number of aryl methyl sites for hydroxylation is 2. The zero-order valence-electron chi connectivity index (χ0n) is 11.9. The minimum atomic E-state index is 0.139. The van der Waals surface area contributed by atoms with Gasteiger partial charge in [0.2, 0.25) is 5.91 Å². The van der Waals surface area contributed by atoms with Gasteiger partial charge in [-0.3, -0.25) is 4.79 Å². The van der Waals surface area contributed by atoms with E-state index in [2.05, 4.69) is 26.0 Å². The second-order valence-corrected chi connectivity index (χ2v) is 7.32. The third-order valence-corrected chi connectivity index (χ3v) is 5.07. The fourth-order valence-corrected chi connectivity index (χ4v) is 3.53. The largest absolute Gasteiger partial charge is 0.342 e. The maximum atomic E-state index is 12.1. The lowest BCUT2D eigenvalue weighted by molar-refractivity contribution is -0.130. The molecule has 0 bridgehead atoms. The van der Waals surface area contributed by atoms with E-state index < -0.39 is 0 Å². The van der Waals surface area contributed by atoms with Crippen LogP contribution in [0.4, 0.5) is 0 Å². The van der Waals surface area contributed by atoms with Crippen molar-refractivity contribution in [1.82, 2.24) is 4.90 Å². The predicted molar refractivity (Wildman–Crippen MR) is 80.4 cm³/mol. The molecule has 1 aliphatic heterocycles. The summed E-state index contributed by atoms with van der Waals surface area (Å²) in [5.74, 6) is 0.297. The minimum Gasteiger partial charge on any atom is -0.342 e. The highest BCUT2D eigenvalue weighted by molar-refractivity contribution is 7.11. The summed E-state index contributed by atoms with van der Waals surface area (Å²) in [7, 11) is 0. The molecular formula is C15H24N2OS. The molecule has 3 nitrogen and oxygen atoms in total. The predicted octanol–water partition coefficient (Wildman–Crippen LogP) is 2.58. The quantitative estimate of drug-likeness (QED) is 0.901. The number of nitrogens with two attached hydrogens (primary N) is 1. The van der Waals surface area contributed by atoms with E-state index >= 15 is 0 Å². The summed E-state index contributed by atoms with van der Waals surface area (Å²) in [5, 5.41) is 0. The van der Waals surface area contributed by atoms with E-state index in [0.29, 0.717) is 18.9 Å². The number of carbonyl (C=O) groups excluding carboxylic acids is 1. The lowest BCUT2D eigenvalue weighted by Crippen LogP contribution is -2.34. The Hall–Kier alpha value is -0.870. The number of hydrogen-bond acceptors (Lipinski definition) is 3. The molecule has 1 aliphatic rings. The number of nitrogens with zero attached hydrogens (tertiary/aromatic N) is 1. The van der Waals surface area contributed by atoms with Gasteiger partial charge in [0, 0.05) is 29.3 Å². The van der Waals surface area contributed by atoms with Crippen LogP contribution in [0.25, 0.3) is 0 Å². The molecule has 0 aliphatic carbocycles. The molecule has 0 radical (unpaired) electrons. The Kier molecular flexibility index (Phi) is 4.63. The molecule has 2 N–H and O–H groups in total. The molecule has 1 amide bonds. The molecule has 2 heterocycles. The molecular weight excluding hydrogens is 256 g/mol. The Balaban J connectivity index is 1.73. The maximum absolute atomic E-state index is 12.1. The second kappa shape index (κ2) is 6.06. The Labute approximate surface area is 119 Å². The zero-order chi connectivity index (χ0) is 13.9. The SMILES string of the molecule is Cc1ccc(CCCC(=O)N2CCC(C)(CN)C2)s1. The van der Waals surface area contributed by atoms with E-state index in [4.69, 9.17) is 5.73 Å². The van der Waals surface area contributed by atoms with Crippen molar-refractivity contribution in [3.8, 4) is 0 Å². The lowest BCUT2D eigenvalue weighted by atomic mass is 9.90. The summed E-state index contributed by atoms with van der Waals surface area (Å²) >= 11 is 1.83. The molecule has 1 saturated heterocycles. The number of thiophene rings is 1. The van der Waals surface area contributed by atoms with E-state index in [1.807, 2.05) is 16.2 Å². The first-order valence-electron chi connectivity index (χ1n) is 7.06. The number of hydrogen-bond donors (Lipinski definition) is 1. The zero-order valence-corrected chi connectivity index (χ0v) is 12.8. The van der Waals surface area contributed by atoms with Gasteiger partial charge >= 0.3 is 0 Å². The summed E-state index contributed by atoms with van der Waals surface area (Å²) in [6.45, 7) is 6.68. The Morgan fingerprint density at radius 1 is 1.53 bits per heavy atom. The van der Waals surface area contributed by atoms with Gasteiger partial charge in [-0.1, -0.05) is 6.92 Å². The summed E-state index contributed by atoms with van der Waals surface area (Å²) in [6, 6.07) is 4.32. The number of rotatable bonds is 5. The Morgan fingerprint density at radius 3 is 2.89 bits per heavy atom. The van der Waals surface area contributed by atoms with Gasteiger partial charge in [-0.25, -0.2) is 0 Å². The van der Waals surface area contributed by atoms with E-state index in [1.165, 1.54) is 9.75 Å². The van der Waals surface area contributed by atoms with Crippen LogP contribution in [0.15, 0.2) is 12.1 Å². The van der Waals surface area contributed by atoms with Crippen LogP contribution in [-0.2, 0) is 11.2 Å². The van der Waals surface area contributed by atoms with Gasteiger partial charge in [0.25, 0.3) is 0 Å². The smallest absolute Gasteiger partial charge is 0.222 e. The average Bonchev–Trinajstić information content (AvgIpc) is 2.97. The second-order valence-electron chi connectivity index (χ2n) is 5.95. The normalized spacial score (nSPS) is 23.0. The summed E-state index contributed by atoms with van der Waals surface area (Å²) in [6.07, 6.45) is 3.68. The highest BCUT2D eigenvalue weighted by Crippen LogP contribution is 2.29. The van der Waals surface area contributed by atoms with Crippen LogP contribution in [0.1, 0.15) is 35.9 Å². The topological polar surface area (TPSA) is 46.3 Å². The lowest BCUT2D eigenvalue weighted by Gasteiger charge is -2.22. The highest BCUT2D eigenvalue weighted by atomic mass is 32.1. The fraction of sp³-hybridized carbons (Fsp3) is 0.667. The van der Waals surface area contributed by atoms with Crippen LogP contribution < -0.4 is 5.73 Å². The van der Waals surface area contributed by atoms with Crippen molar-refractivity contribution in [2.75, 3.05) is 19.6 Å². The van der Waals surface area contributed by atoms with Crippen molar-refractivity contribution in [3.05, 3.63) is 21.9 Å². The molecule has 4 heteroatoms. The van der Waals surface area contributed by atoms with Gasteiger partial charge < -0.3 is 10.6 Å². The van der Waals surface area contributed by atoms with Crippen LogP contribution in [0.3, 0.4) is 0 Å². The van der Waals surface area contributed by atoms with Gasteiger partial charge in [0.05, 0.1) is 0 Å².